The van der Waals surface area contributed by atoms with Crippen LogP contribution in [0.2, 0.25) is 0 Å². The third-order valence-electron chi connectivity index (χ3n) is 3.35. The molecule has 0 aliphatic carbocycles. The predicted molar refractivity (Wildman–Crippen MR) is 73.3 cm³/mol. The van der Waals surface area contributed by atoms with Crippen LogP contribution >= 0.6 is 0 Å². The fourth-order valence-corrected chi connectivity index (χ4v) is 2.33. The molecule has 2 aromatic rings. The Labute approximate surface area is 107 Å². The zero-order chi connectivity index (χ0) is 12.2. The highest BCUT2D eigenvalue weighted by atomic mass is 15.1. The van der Waals surface area contributed by atoms with Crippen LogP contribution in [0.5, 0.6) is 0 Å². The first kappa shape index (κ1) is 11.4. The van der Waals surface area contributed by atoms with Crippen molar-refractivity contribution in [2.45, 2.75) is 6.04 Å². The van der Waals surface area contributed by atoms with Gasteiger partial charge in [-0.15, -0.1) is 0 Å². The normalized spacial score (nSPS) is 19.7. The van der Waals surface area contributed by atoms with Crippen molar-refractivity contribution >= 4 is 0 Å². The van der Waals surface area contributed by atoms with Crippen molar-refractivity contribution in [1.29, 1.82) is 0 Å². The quantitative estimate of drug-likeness (QED) is 0.841. The molecule has 0 bridgehead atoms. The number of benzene rings is 1. The highest BCUT2D eigenvalue weighted by Gasteiger charge is 2.13. The molecule has 1 fully saturated rings. The van der Waals surface area contributed by atoms with Crippen LogP contribution in [0.15, 0.2) is 48.8 Å². The Morgan fingerprint density at radius 1 is 1.00 bits per heavy atom. The first-order valence-corrected chi connectivity index (χ1v) is 6.38. The molecule has 0 saturated carbocycles. The molecule has 1 unspecified atom stereocenters. The number of aromatic nitrogens is 1. The highest BCUT2D eigenvalue weighted by Crippen LogP contribution is 2.21. The van der Waals surface area contributed by atoms with Gasteiger partial charge < -0.3 is 10.6 Å². The minimum absolute atomic E-state index is 0.432. The third-order valence-corrected chi connectivity index (χ3v) is 3.35. The second-order valence-electron chi connectivity index (χ2n) is 4.57. The summed E-state index contributed by atoms with van der Waals surface area (Å²) < 4.78 is 0. The van der Waals surface area contributed by atoms with Crippen molar-refractivity contribution < 1.29 is 0 Å². The van der Waals surface area contributed by atoms with Crippen molar-refractivity contribution in [2.24, 2.45) is 0 Å². The fourth-order valence-electron chi connectivity index (χ4n) is 2.33. The number of hydrogen-bond donors (Lipinski definition) is 2. The summed E-state index contributed by atoms with van der Waals surface area (Å²) in [5.74, 6) is 0. The number of pyridine rings is 1. The Morgan fingerprint density at radius 3 is 2.56 bits per heavy atom. The molecule has 1 aliphatic rings. The Balaban J connectivity index is 1.80. The summed E-state index contributed by atoms with van der Waals surface area (Å²) in [5, 5.41) is 6.93. The van der Waals surface area contributed by atoms with Gasteiger partial charge in [0.05, 0.1) is 0 Å². The molecule has 0 radical (unpaired) electrons. The van der Waals surface area contributed by atoms with Gasteiger partial charge in [-0.25, -0.2) is 0 Å². The lowest BCUT2D eigenvalue weighted by molar-refractivity contribution is 0.430. The zero-order valence-electron chi connectivity index (χ0n) is 10.3. The zero-order valence-corrected chi connectivity index (χ0v) is 10.3. The van der Waals surface area contributed by atoms with E-state index in [1.165, 1.54) is 16.7 Å². The minimum atomic E-state index is 0.432. The van der Waals surface area contributed by atoms with E-state index < -0.39 is 0 Å². The second-order valence-corrected chi connectivity index (χ2v) is 4.57. The van der Waals surface area contributed by atoms with Crippen LogP contribution in [0.1, 0.15) is 11.6 Å². The minimum Gasteiger partial charge on any atom is -0.314 e. The van der Waals surface area contributed by atoms with Gasteiger partial charge in [0.25, 0.3) is 0 Å². The molecule has 0 spiro atoms. The largest absolute Gasteiger partial charge is 0.314 e. The van der Waals surface area contributed by atoms with Crippen LogP contribution in [0, 0.1) is 0 Å². The molecule has 3 rings (SSSR count). The number of nitrogens with one attached hydrogen (secondary N) is 2. The summed E-state index contributed by atoms with van der Waals surface area (Å²) in [5.41, 5.74) is 3.73. The average Bonchev–Trinajstić information content (AvgIpc) is 2.49. The fraction of sp³-hybridized carbons (Fsp3) is 0.267. The van der Waals surface area contributed by atoms with E-state index in [-0.39, 0.29) is 0 Å². The monoisotopic (exact) mass is 239 g/mol. The molecule has 3 heteroatoms. The molecule has 1 atom stereocenters. The van der Waals surface area contributed by atoms with Crippen LogP contribution in [-0.2, 0) is 0 Å². The van der Waals surface area contributed by atoms with Crippen molar-refractivity contribution in [3.8, 4) is 11.1 Å². The lowest BCUT2D eigenvalue weighted by Gasteiger charge is -2.25. The van der Waals surface area contributed by atoms with E-state index >= 15 is 0 Å². The van der Waals surface area contributed by atoms with Gasteiger partial charge in [-0.2, -0.15) is 0 Å². The van der Waals surface area contributed by atoms with Crippen LogP contribution in [0.25, 0.3) is 11.1 Å². The lowest BCUT2D eigenvalue weighted by Crippen LogP contribution is -2.42. The highest BCUT2D eigenvalue weighted by molar-refractivity contribution is 5.62. The molecule has 1 aromatic heterocycles. The van der Waals surface area contributed by atoms with Crippen LogP contribution < -0.4 is 10.6 Å². The van der Waals surface area contributed by atoms with E-state index in [9.17, 15) is 0 Å². The molecule has 2 heterocycles. The van der Waals surface area contributed by atoms with E-state index in [1.807, 2.05) is 12.3 Å². The van der Waals surface area contributed by atoms with Crippen molar-refractivity contribution in [3.63, 3.8) is 0 Å². The molecule has 92 valence electrons. The molecule has 1 saturated heterocycles. The molecule has 1 aromatic carbocycles. The van der Waals surface area contributed by atoms with Gasteiger partial charge in [0, 0.05) is 38.1 Å². The summed E-state index contributed by atoms with van der Waals surface area (Å²) in [4.78, 5) is 4.15. The first-order valence-electron chi connectivity index (χ1n) is 6.38. The third kappa shape index (κ3) is 2.42. The maximum atomic E-state index is 4.15. The molecule has 1 aliphatic heterocycles. The van der Waals surface area contributed by atoms with E-state index in [1.54, 1.807) is 6.20 Å². The topological polar surface area (TPSA) is 37.0 Å². The number of piperazine rings is 1. The Hall–Kier alpha value is -1.71. The first-order chi connectivity index (χ1) is 8.93. The van der Waals surface area contributed by atoms with Crippen molar-refractivity contribution in [1.82, 2.24) is 15.6 Å². The van der Waals surface area contributed by atoms with Crippen molar-refractivity contribution in [3.05, 3.63) is 54.4 Å². The van der Waals surface area contributed by atoms with Crippen LogP contribution in [0.3, 0.4) is 0 Å². The molecule has 18 heavy (non-hydrogen) atoms. The Bertz CT molecular complexity index is 487. The van der Waals surface area contributed by atoms with E-state index in [0.717, 1.165) is 19.6 Å². The summed E-state index contributed by atoms with van der Waals surface area (Å²) in [6.07, 6.45) is 3.70. The van der Waals surface area contributed by atoms with Crippen LogP contribution in [0.4, 0.5) is 0 Å². The Morgan fingerprint density at radius 2 is 1.89 bits per heavy atom. The van der Waals surface area contributed by atoms with Gasteiger partial charge in [-0.05, 0) is 22.8 Å². The van der Waals surface area contributed by atoms with Gasteiger partial charge in [-0.3, -0.25) is 4.98 Å². The van der Waals surface area contributed by atoms with Gasteiger partial charge in [-0.1, -0.05) is 30.3 Å². The molecular formula is C15H17N3. The number of nitrogens with zero attached hydrogens (tertiary/aromatic N) is 1. The van der Waals surface area contributed by atoms with Gasteiger partial charge in [0.15, 0.2) is 0 Å². The summed E-state index contributed by atoms with van der Waals surface area (Å²) in [6.45, 7) is 3.10. The van der Waals surface area contributed by atoms with E-state index in [4.69, 9.17) is 0 Å². The lowest BCUT2D eigenvalue weighted by atomic mass is 10.0. The number of hydrogen-bond acceptors (Lipinski definition) is 3. The predicted octanol–water partition coefficient (Wildman–Crippen LogP) is 1.98. The average molecular weight is 239 g/mol. The second kappa shape index (κ2) is 5.29. The number of rotatable bonds is 2. The van der Waals surface area contributed by atoms with Crippen LogP contribution in [-0.4, -0.2) is 24.6 Å². The maximum Gasteiger partial charge on any atom is 0.0447 e. The summed E-state index contributed by atoms with van der Waals surface area (Å²) >= 11 is 0. The maximum absolute atomic E-state index is 4.15. The summed E-state index contributed by atoms with van der Waals surface area (Å²) in [7, 11) is 0. The van der Waals surface area contributed by atoms with Gasteiger partial charge in [0.1, 0.15) is 0 Å². The SMILES string of the molecule is c1cncc(-c2ccc(C3CNCCN3)cc2)c1. The van der Waals surface area contributed by atoms with Gasteiger partial charge in [0.2, 0.25) is 0 Å². The molecule has 3 nitrogen and oxygen atoms in total. The molecule has 2 N–H and O–H groups in total. The standard InChI is InChI=1S/C15H17N3/c1-2-14(10-16-7-1)12-3-5-13(6-4-12)15-11-17-8-9-18-15/h1-7,10,15,17-18H,8-9,11H2. The molecule has 0 amide bonds. The smallest absolute Gasteiger partial charge is 0.0447 e. The van der Waals surface area contributed by atoms with Crippen molar-refractivity contribution in [2.75, 3.05) is 19.6 Å². The van der Waals surface area contributed by atoms with E-state index in [2.05, 4.69) is 45.9 Å². The Kier molecular flexibility index (Phi) is 3.35. The van der Waals surface area contributed by atoms with E-state index in [0.29, 0.717) is 6.04 Å². The molecular weight excluding hydrogens is 222 g/mol. The summed E-state index contributed by atoms with van der Waals surface area (Å²) in [6, 6.07) is 13.2. The van der Waals surface area contributed by atoms with Gasteiger partial charge >= 0.3 is 0 Å².